The van der Waals surface area contributed by atoms with Crippen molar-refractivity contribution in [2.75, 3.05) is 7.11 Å². The average Bonchev–Trinajstić information content (AvgIpc) is 3.34. The molecule has 0 bridgehead atoms. The summed E-state index contributed by atoms with van der Waals surface area (Å²) in [5.41, 5.74) is 1.30. The molecule has 0 saturated heterocycles. The monoisotopic (exact) mass is 636 g/mol. The zero-order chi connectivity index (χ0) is 29.0. The predicted molar refractivity (Wildman–Crippen MR) is 158 cm³/mol. The number of nitrogens with one attached hydrogen (secondary N) is 1. The topological polar surface area (TPSA) is 109 Å². The number of imidazole rings is 1. The summed E-state index contributed by atoms with van der Waals surface area (Å²) >= 11 is 6.31. The van der Waals surface area contributed by atoms with Gasteiger partial charge in [-0.3, -0.25) is 4.57 Å². The summed E-state index contributed by atoms with van der Waals surface area (Å²) in [7, 11) is -7.54. The second-order valence-corrected chi connectivity index (χ2v) is 12.4. The average molecular weight is 637 g/mol. The van der Waals surface area contributed by atoms with Crippen molar-refractivity contribution in [1.29, 1.82) is 0 Å². The van der Waals surface area contributed by atoms with Crippen LogP contribution in [0.3, 0.4) is 0 Å². The molecule has 1 heterocycles. The van der Waals surface area contributed by atoms with Crippen molar-refractivity contribution in [3.63, 3.8) is 0 Å². The van der Waals surface area contributed by atoms with Crippen molar-refractivity contribution in [2.24, 2.45) is 0 Å². The van der Waals surface area contributed by atoms with Gasteiger partial charge in [-0.25, -0.2) is 22.4 Å². The van der Waals surface area contributed by atoms with Crippen LogP contribution < -0.4 is 18.3 Å². The molecular weight excluding hydrogens is 615 g/mol. The standard InChI is InChI=1S/C28H22ClFN3O6PS.Na/c1-37-26-17-12-20(18-25(26)30)27-28(29)31-19-33(27)21-13-15-24(16-14-21)41(35,36)32-40(34,38-22-8-4-2-5-9-22)39-23-10-6-3-7-11-23;/h2-19H,1H3,(H,32,34);. The molecule has 1 radical (unpaired) electrons. The molecule has 0 aliphatic rings. The van der Waals surface area contributed by atoms with E-state index in [1.54, 1.807) is 47.0 Å². The second-order valence-electron chi connectivity index (χ2n) is 8.50. The summed E-state index contributed by atoms with van der Waals surface area (Å²) < 4.78 is 74.5. The summed E-state index contributed by atoms with van der Waals surface area (Å²) in [5.74, 6) is -0.224. The number of sulfonamides is 1. The maximum atomic E-state index is 14.4. The molecule has 211 valence electrons. The van der Waals surface area contributed by atoms with Crippen LogP contribution in [0.1, 0.15) is 0 Å². The number of nitrogens with zero attached hydrogens (tertiary/aromatic N) is 2. The molecule has 14 heteroatoms. The molecule has 1 N–H and O–H groups in total. The number of hydrogen-bond acceptors (Lipinski definition) is 7. The third-order valence-corrected chi connectivity index (χ3v) is 9.67. The first kappa shape index (κ1) is 31.8. The van der Waals surface area contributed by atoms with Gasteiger partial charge in [-0.1, -0.05) is 52.5 Å². The van der Waals surface area contributed by atoms with Gasteiger partial charge in [-0.05, 0) is 66.7 Å². The first-order valence-corrected chi connectivity index (χ1v) is 15.4. The van der Waals surface area contributed by atoms with Crippen LogP contribution in [0.4, 0.5) is 4.39 Å². The number of para-hydroxylation sites is 2. The summed E-state index contributed by atoms with van der Waals surface area (Å²) in [6.07, 6.45) is 1.43. The third kappa shape index (κ3) is 7.25. The SMILES string of the molecule is COc1ccc(-c2c(Cl)ncn2-c2ccc(S(=O)(=O)NP(=O)(Oc3ccccc3)Oc3ccccc3)cc2)cc1F.[Na]. The molecule has 1 aromatic heterocycles. The van der Waals surface area contributed by atoms with Crippen LogP contribution >= 0.6 is 19.3 Å². The molecule has 0 fully saturated rings. The second kappa shape index (κ2) is 13.4. The maximum absolute atomic E-state index is 14.4. The van der Waals surface area contributed by atoms with Crippen molar-refractivity contribution in [3.05, 3.63) is 120 Å². The Kier molecular flexibility index (Phi) is 10.2. The number of halogens is 2. The zero-order valence-electron chi connectivity index (χ0n) is 22.3. The largest absolute Gasteiger partial charge is 0.526 e. The van der Waals surface area contributed by atoms with Gasteiger partial charge in [0.05, 0.1) is 17.7 Å². The van der Waals surface area contributed by atoms with Crippen LogP contribution in [0.5, 0.6) is 17.2 Å². The molecule has 4 aromatic carbocycles. The van der Waals surface area contributed by atoms with Crippen molar-refractivity contribution < 1.29 is 31.2 Å². The maximum Gasteiger partial charge on any atom is 0.526 e. The van der Waals surface area contributed by atoms with Crippen LogP contribution in [0.25, 0.3) is 16.9 Å². The van der Waals surface area contributed by atoms with Crippen molar-refractivity contribution >= 4 is 58.9 Å². The van der Waals surface area contributed by atoms with Crippen molar-refractivity contribution in [2.45, 2.75) is 4.90 Å². The minimum atomic E-state index is -4.49. The van der Waals surface area contributed by atoms with Gasteiger partial charge in [0, 0.05) is 40.8 Å². The first-order valence-electron chi connectivity index (χ1n) is 12.0. The smallest absolute Gasteiger partial charge is 0.494 e. The van der Waals surface area contributed by atoms with Gasteiger partial charge in [0.25, 0.3) is 10.0 Å². The quantitative estimate of drug-likeness (QED) is 0.138. The van der Waals surface area contributed by atoms with Gasteiger partial charge < -0.3 is 13.8 Å². The Morgan fingerprint density at radius 3 is 1.98 bits per heavy atom. The fourth-order valence-corrected chi connectivity index (χ4v) is 7.35. The molecule has 0 aliphatic heterocycles. The Labute approximate surface area is 269 Å². The summed E-state index contributed by atoms with van der Waals surface area (Å²) in [4.78, 5) is 3.91. The van der Waals surface area contributed by atoms with E-state index in [9.17, 15) is 17.4 Å². The zero-order valence-corrected chi connectivity index (χ0v) is 26.8. The molecule has 0 aliphatic carbocycles. The molecule has 0 unspecified atom stereocenters. The van der Waals surface area contributed by atoms with E-state index in [-0.39, 0.29) is 56.9 Å². The molecule has 9 nitrogen and oxygen atoms in total. The van der Waals surface area contributed by atoms with E-state index in [0.717, 1.165) is 0 Å². The molecular formula is C28H22ClFN3NaO6PS. The van der Waals surface area contributed by atoms with Crippen LogP contribution in [0.15, 0.2) is 114 Å². The van der Waals surface area contributed by atoms with E-state index < -0.39 is 23.6 Å². The van der Waals surface area contributed by atoms with Crippen molar-refractivity contribution in [3.8, 4) is 34.2 Å². The van der Waals surface area contributed by atoms with Gasteiger partial charge in [-0.2, -0.15) is 0 Å². The van der Waals surface area contributed by atoms with E-state index in [1.807, 2.05) is 0 Å². The summed E-state index contributed by atoms with van der Waals surface area (Å²) in [6.45, 7) is 0. The van der Waals surface area contributed by atoms with Gasteiger partial charge in [-0.15, -0.1) is 0 Å². The van der Waals surface area contributed by atoms with Gasteiger partial charge >= 0.3 is 7.75 Å². The van der Waals surface area contributed by atoms with Gasteiger partial charge in [0.15, 0.2) is 16.7 Å². The van der Waals surface area contributed by atoms with Crippen molar-refractivity contribution in [1.82, 2.24) is 14.0 Å². The van der Waals surface area contributed by atoms with Crippen LogP contribution in [-0.4, -0.2) is 54.6 Å². The number of hydrogen-bond donors (Lipinski definition) is 1. The first-order chi connectivity index (χ1) is 19.7. The fourth-order valence-electron chi connectivity index (χ4n) is 3.88. The van der Waals surface area contributed by atoms with E-state index in [0.29, 0.717) is 16.9 Å². The Morgan fingerprint density at radius 1 is 0.881 bits per heavy atom. The number of rotatable bonds is 10. The normalized spacial score (nSPS) is 11.4. The fraction of sp³-hybridized carbons (Fsp3) is 0.0357. The molecule has 0 spiro atoms. The number of methoxy groups -OCH3 is 1. The van der Waals surface area contributed by atoms with E-state index in [4.69, 9.17) is 25.4 Å². The Hall–Kier alpha value is -3.15. The van der Waals surface area contributed by atoms with Crippen LogP contribution in [-0.2, 0) is 14.6 Å². The number of ether oxygens (including phenoxy) is 1. The summed E-state index contributed by atoms with van der Waals surface area (Å²) in [5, 5.41) is 0.116. The minimum Gasteiger partial charge on any atom is -0.494 e. The van der Waals surface area contributed by atoms with E-state index in [2.05, 4.69) is 9.48 Å². The number of aromatic nitrogens is 2. The molecule has 0 atom stereocenters. The number of benzene rings is 4. The molecule has 42 heavy (non-hydrogen) atoms. The Morgan fingerprint density at radius 2 is 1.45 bits per heavy atom. The van der Waals surface area contributed by atoms with Crippen LogP contribution in [0, 0.1) is 5.82 Å². The van der Waals surface area contributed by atoms with E-state index >= 15 is 0 Å². The molecule has 0 amide bonds. The Bertz CT molecular complexity index is 1780. The minimum absolute atomic E-state index is 0. The van der Waals surface area contributed by atoms with Crippen LogP contribution in [0.2, 0.25) is 5.15 Å². The third-order valence-electron chi connectivity index (χ3n) is 5.74. The molecule has 0 saturated carbocycles. The Balaban J connectivity index is 0.00000405. The molecule has 5 rings (SSSR count). The van der Waals surface area contributed by atoms with E-state index in [1.165, 1.54) is 74.1 Å². The molecule has 5 aromatic rings. The van der Waals surface area contributed by atoms with Gasteiger partial charge in [0.1, 0.15) is 17.8 Å². The summed E-state index contributed by atoms with van der Waals surface area (Å²) in [6, 6.07) is 26.1. The predicted octanol–water partition coefficient (Wildman–Crippen LogP) is 6.50. The van der Waals surface area contributed by atoms with Gasteiger partial charge in [0.2, 0.25) is 0 Å².